The summed E-state index contributed by atoms with van der Waals surface area (Å²) < 4.78 is 5.71. The third-order valence-electron chi connectivity index (χ3n) is 4.66. The molecule has 1 aliphatic rings. The van der Waals surface area contributed by atoms with E-state index in [4.69, 9.17) is 15.5 Å². The van der Waals surface area contributed by atoms with E-state index in [0.717, 1.165) is 35.5 Å². The van der Waals surface area contributed by atoms with Gasteiger partial charge in [0.05, 0.1) is 11.8 Å². The first-order valence-electron chi connectivity index (χ1n) is 9.19. The molecule has 0 saturated heterocycles. The molecule has 2 aromatic carbocycles. The number of anilines is 1. The van der Waals surface area contributed by atoms with E-state index >= 15 is 0 Å². The third-order valence-corrected chi connectivity index (χ3v) is 4.66. The Hall–Kier alpha value is -2.62. The topological polar surface area (TPSA) is 60.0 Å². The molecule has 4 heteroatoms. The summed E-state index contributed by atoms with van der Waals surface area (Å²) in [6, 6.07) is 12.3. The molecule has 0 atom stereocenters. The minimum Gasteiger partial charge on any atom is -0.489 e. The van der Waals surface area contributed by atoms with E-state index in [1.165, 1.54) is 17.5 Å². The first-order valence-corrected chi connectivity index (χ1v) is 9.19. The van der Waals surface area contributed by atoms with Crippen molar-refractivity contribution in [2.45, 2.75) is 46.1 Å². The van der Waals surface area contributed by atoms with E-state index in [2.05, 4.69) is 23.2 Å². The number of rotatable bonds is 4. The van der Waals surface area contributed by atoms with Crippen molar-refractivity contribution < 1.29 is 4.74 Å². The lowest BCUT2D eigenvalue weighted by molar-refractivity contribution is 0.244. The number of aryl methyl sites for hydroxylation is 1. The molecule has 1 aliphatic carbocycles. The van der Waals surface area contributed by atoms with Crippen molar-refractivity contribution in [2.75, 3.05) is 12.8 Å². The summed E-state index contributed by atoms with van der Waals surface area (Å²) in [4.78, 5) is 9.27. The van der Waals surface area contributed by atoms with Crippen molar-refractivity contribution in [3.8, 4) is 5.75 Å². The van der Waals surface area contributed by atoms with Crippen LogP contribution in [0.1, 0.15) is 49.4 Å². The van der Waals surface area contributed by atoms with Gasteiger partial charge in [-0.2, -0.15) is 0 Å². The maximum Gasteiger partial charge on any atom is 0.154 e. The lowest BCUT2D eigenvalue weighted by Crippen LogP contribution is -2.09. The molecule has 2 aromatic rings. The maximum absolute atomic E-state index is 6.15. The Morgan fingerprint density at radius 3 is 2.65 bits per heavy atom. The third kappa shape index (κ3) is 3.79. The van der Waals surface area contributed by atoms with Crippen molar-refractivity contribution in [2.24, 2.45) is 9.98 Å². The number of nitrogen functional groups attached to an aromatic ring is 1. The summed E-state index contributed by atoms with van der Waals surface area (Å²) >= 11 is 0. The molecule has 0 saturated carbocycles. The van der Waals surface area contributed by atoms with Gasteiger partial charge in [-0.1, -0.05) is 18.2 Å². The Labute approximate surface area is 155 Å². The number of hydrogen-bond acceptors (Lipinski definition) is 3. The van der Waals surface area contributed by atoms with Crippen LogP contribution in [0.2, 0.25) is 0 Å². The van der Waals surface area contributed by atoms with E-state index in [1.807, 2.05) is 39.0 Å². The van der Waals surface area contributed by atoms with E-state index in [-0.39, 0.29) is 6.10 Å². The standard InChI is InChI=1S/C22H27N3O/c1-14(2)26-21-12-11-17(13-20(21)23)15(3)25-22(24-4)19-10-6-8-16-7-5-9-18(16)19/h6,8,10-14H,5,7,9,23H2,1-4H3/b24-22-,25-15+. The van der Waals surface area contributed by atoms with Gasteiger partial charge in [-0.05, 0) is 74.9 Å². The summed E-state index contributed by atoms with van der Waals surface area (Å²) in [5.74, 6) is 1.49. The number of nitrogens with two attached hydrogens (primary N) is 1. The smallest absolute Gasteiger partial charge is 0.154 e. The summed E-state index contributed by atoms with van der Waals surface area (Å²) in [6.07, 6.45) is 3.56. The van der Waals surface area contributed by atoms with Gasteiger partial charge >= 0.3 is 0 Å². The number of ether oxygens (including phenoxy) is 1. The van der Waals surface area contributed by atoms with Crippen molar-refractivity contribution in [1.29, 1.82) is 0 Å². The predicted octanol–water partition coefficient (Wildman–Crippen LogP) is 4.43. The highest BCUT2D eigenvalue weighted by Crippen LogP contribution is 2.27. The zero-order chi connectivity index (χ0) is 18.7. The van der Waals surface area contributed by atoms with Crippen LogP contribution in [0.5, 0.6) is 5.75 Å². The normalized spacial score (nSPS) is 14.7. The van der Waals surface area contributed by atoms with Crippen molar-refractivity contribution >= 4 is 17.2 Å². The highest BCUT2D eigenvalue weighted by Gasteiger charge is 2.17. The van der Waals surface area contributed by atoms with Gasteiger partial charge in [-0.15, -0.1) is 0 Å². The molecule has 0 radical (unpaired) electrons. The summed E-state index contributed by atoms with van der Waals surface area (Å²) in [5, 5.41) is 0. The fraction of sp³-hybridized carbons (Fsp3) is 0.364. The number of aliphatic imine (C=N–C) groups is 2. The molecule has 0 bridgehead atoms. The van der Waals surface area contributed by atoms with E-state index in [9.17, 15) is 0 Å². The Morgan fingerprint density at radius 1 is 1.15 bits per heavy atom. The number of nitrogens with zero attached hydrogens (tertiary/aromatic N) is 2. The van der Waals surface area contributed by atoms with Crippen LogP contribution in [0, 0.1) is 0 Å². The fourth-order valence-corrected chi connectivity index (χ4v) is 3.42. The van der Waals surface area contributed by atoms with Crippen LogP contribution < -0.4 is 10.5 Å². The summed E-state index contributed by atoms with van der Waals surface area (Å²) in [5.41, 5.74) is 12.6. The average Bonchev–Trinajstić information content (AvgIpc) is 3.09. The van der Waals surface area contributed by atoms with E-state index in [0.29, 0.717) is 11.4 Å². The quantitative estimate of drug-likeness (QED) is 0.504. The van der Waals surface area contributed by atoms with E-state index in [1.54, 1.807) is 7.05 Å². The molecule has 0 aliphatic heterocycles. The number of hydrogen-bond donors (Lipinski definition) is 1. The van der Waals surface area contributed by atoms with Gasteiger partial charge in [0.2, 0.25) is 0 Å². The Bertz CT molecular complexity index is 866. The molecule has 0 fully saturated rings. The van der Waals surface area contributed by atoms with Crippen LogP contribution in [-0.2, 0) is 12.8 Å². The monoisotopic (exact) mass is 349 g/mol. The largest absolute Gasteiger partial charge is 0.489 e. The number of amidine groups is 1. The Kier molecular flexibility index (Phi) is 5.40. The predicted molar refractivity (Wildman–Crippen MR) is 110 cm³/mol. The molecule has 4 nitrogen and oxygen atoms in total. The van der Waals surface area contributed by atoms with Crippen LogP contribution in [0.3, 0.4) is 0 Å². The maximum atomic E-state index is 6.15. The second-order valence-corrected chi connectivity index (χ2v) is 6.96. The minimum atomic E-state index is 0.0944. The van der Waals surface area contributed by atoms with Gasteiger partial charge in [-0.3, -0.25) is 4.99 Å². The highest BCUT2D eigenvalue weighted by atomic mass is 16.5. The Balaban J connectivity index is 1.91. The summed E-state index contributed by atoms with van der Waals surface area (Å²) in [7, 11) is 1.80. The molecule has 3 rings (SSSR count). The molecule has 0 amide bonds. The second-order valence-electron chi connectivity index (χ2n) is 6.96. The second kappa shape index (κ2) is 7.73. The SMILES string of the molecule is C/N=C(\N=C(/C)c1ccc(OC(C)C)c(N)c1)c1cccc2c1CCC2. The fourth-order valence-electron chi connectivity index (χ4n) is 3.42. The molecule has 0 spiro atoms. The van der Waals surface area contributed by atoms with Gasteiger partial charge in [0.25, 0.3) is 0 Å². The van der Waals surface area contributed by atoms with Crippen LogP contribution in [0.4, 0.5) is 5.69 Å². The van der Waals surface area contributed by atoms with Gasteiger partial charge in [0, 0.05) is 18.3 Å². The molecule has 2 N–H and O–H groups in total. The number of benzene rings is 2. The van der Waals surface area contributed by atoms with Crippen LogP contribution in [0.15, 0.2) is 46.4 Å². The van der Waals surface area contributed by atoms with Gasteiger partial charge < -0.3 is 10.5 Å². The molecule has 0 heterocycles. The van der Waals surface area contributed by atoms with Crippen LogP contribution in [0.25, 0.3) is 0 Å². The van der Waals surface area contributed by atoms with Gasteiger partial charge in [-0.25, -0.2) is 4.99 Å². The molecule has 0 unspecified atom stereocenters. The first-order chi connectivity index (χ1) is 12.5. The van der Waals surface area contributed by atoms with Crippen LogP contribution in [-0.4, -0.2) is 24.7 Å². The molecular weight excluding hydrogens is 322 g/mol. The van der Waals surface area contributed by atoms with Crippen LogP contribution >= 0.6 is 0 Å². The first kappa shape index (κ1) is 18.2. The minimum absolute atomic E-state index is 0.0944. The average molecular weight is 349 g/mol. The van der Waals surface area contributed by atoms with Crippen molar-refractivity contribution in [3.63, 3.8) is 0 Å². The Morgan fingerprint density at radius 2 is 1.96 bits per heavy atom. The zero-order valence-electron chi connectivity index (χ0n) is 16.0. The van der Waals surface area contributed by atoms with Crippen molar-refractivity contribution in [3.05, 3.63) is 58.7 Å². The molecular formula is C22H27N3O. The molecule has 136 valence electrons. The lowest BCUT2D eigenvalue weighted by atomic mass is 10.0. The van der Waals surface area contributed by atoms with E-state index < -0.39 is 0 Å². The van der Waals surface area contributed by atoms with Crippen molar-refractivity contribution in [1.82, 2.24) is 0 Å². The summed E-state index contributed by atoms with van der Waals surface area (Å²) in [6.45, 7) is 5.97. The van der Waals surface area contributed by atoms with Gasteiger partial charge in [0.1, 0.15) is 5.75 Å². The highest BCUT2D eigenvalue weighted by molar-refractivity contribution is 6.12. The van der Waals surface area contributed by atoms with Gasteiger partial charge in [0.15, 0.2) is 5.84 Å². The number of fused-ring (bicyclic) bond motifs is 1. The molecule has 26 heavy (non-hydrogen) atoms. The molecule has 0 aromatic heterocycles. The lowest BCUT2D eigenvalue weighted by Gasteiger charge is -2.13. The zero-order valence-corrected chi connectivity index (χ0v) is 16.0.